The van der Waals surface area contributed by atoms with Gasteiger partial charge in [0.1, 0.15) is 29.9 Å². The first-order valence-electron chi connectivity index (χ1n) is 12.8. The zero-order chi connectivity index (χ0) is 26.8. The van der Waals surface area contributed by atoms with Crippen molar-refractivity contribution in [2.45, 2.75) is 45.1 Å². The number of piperidine rings is 1. The lowest BCUT2D eigenvalue weighted by atomic mass is 10.0. The number of ether oxygens (including phenoxy) is 2. The number of amides is 2. The highest BCUT2D eigenvalue weighted by Gasteiger charge is 2.28. The second-order valence-corrected chi connectivity index (χ2v) is 9.94. The van der Waals surface area contributed by atoms with Crippen LogP contribution in [-0.2, 0) is 9.53 Å². The summed E-state index contributed by atoms with van der Waals surface area (Å²) in [5.41, 5.74) is 2.56. The number of benzene rings is 1. The summed E-state index contributed by atoms with van der Waals surface area (Å²) in [5.74, 6) is 0.599. The number of H-pyrrole nitrogens is 1. The van der Waals surface area contributed by atoms with E-state index in [1.807, 2.05) is 0 Å². The molecule has 1 aliphatic carbocycles. The van der Waals surface area contributed by atoms with Crippen LogP contribution in [0.5, 0.6) is 5.75 Å². The van der Waals surface area contributed by atoms with Crippen LogP contribution < -0.4 is 10.1 Å². The van der Waals surface area contributed by atoms with Gasteiger partial charge < -0.3 is 24.7 Å². The molecular weight excluding hydrogens is 496 g/mol. The molecule has 38 heavy (non-hydrogen) atoms. The van der Waals surface area contributed by atoms with E-state index in [0.29, 0.717) is 77.8 Å². The van der Waals surface area contributed by atoms with Gasteiger partial charge in [-0.2, -0.15) is 0 Å². The largest absolute Gasteiger partial charge is 0.493 e. The first-order valence-corrected chi connectivity index (χ1v) is 12.8. The molecule has 1 aromatic carbocycles. The van der Waals surface area contributed by atoms with Crippen LogP contribution in [0.15, 0.2) is 24.5 Å². The van der Waals surface area contributed by atoms with Gasteiger partial charge >= 0.3 is 0 Å². The highest BCUT2D eigenvalue weighted by atomic mass is 19.3. The van der Waals surface area contributed by atoms with Gasteiger partial charge in [0, 0.05) is 43.1 Å². The summed E-state index contributed by atoms with van der Waals surface area (Å²) in [4.78, 5) is 39.1. The Kier molecular flexibility index (Phi) is 7.55. The van der Waals surface area contributed by atoms with Crippen LogP contribution in [0.2, 0.25) is 0 Å². The zero-order valence-electron chi connectivity index (χ0n) is 21.4. The quantitative estimate of drug-likeness (QED) is 0.435. The number of carbonyl (C=O) groups excluding carboxylic acids is 2. The minimum absolute atomic E-state index is 0.0428. The van der Waals surface area contributed by atoms with Crippen molar-refractivity contribution in [2.24, 2.45) is 5.92 Å². The highest BCUT2D eigenvalue weighted by molar-refractivity contribution is 6.09. The lowest BCUT2D eigenvalue weighted by Crippen LogP contribution is -2.47. The minimum atomic E-state index is -2.65. The van der Waals surface area contributed by atoms with Crippen LogP contribution in [0.1, 0.15) is 53.7 Å². The van der Waals surface area contributed by atoms with Crippen LogP contribution >= 0.6 is 0 Å². The van der Waals surface area contributed by atoms with Gasteiger partial charge in [0.25, 0.3) is 12.3 Å². The molecule has 2 amide bonds. The van der Waals surface area contributed by atoms with E-state index in [4.69, 9.17) is 9.47 Å². The van der Waals surface area contributed by atoms with Gasteiger partial charge in [0.15, 0.2) is 0 Å². The Balaban J connectivity index is 1.41. The third-order valence-corrected chi connectivity index (χ3v) is 7.13. The predicted molar refractivity (Wildman–Crippen MR) is 136 cm³/mol. The number of aryl methyl sites for hydroxylation is 1. The van der Waals surface area contributed by atoms with Crippen molar-refractivity contribution in [3.63, 3.8) is 0 Å². The summed E-state index contributed by atoms with van der Waals surface area (Å²) >= 11 is 0. The minimum Gasteiger partial charge on any atom is -0.493 e. The molecule has 11 heteroatoms. The topological polar surface area (TPSA) is 109 Å². The second kappa shape index (κ2) is 11.0. The third-order valence-electron chi connectivity index (χ3n) is 7.13. The average Bonchev–Trinajstić information content (AvgIpc) is 3.67. The Bertz CT molecular complexity index is 1330. The van der Waals surface area contributed by atoms with E-state index in [0.717, 1.165) is 12.8 Å². The van der Waals surface area contributed by atoms with Gasteiger partial charge in [0.05, 0.1) is 17.7 Å². The Labute approximate surface area is 218 Å². The van der Waals surface area contributed by atoms with Crippen LogP contribution in [-0.4, -0.2) is 71.1 Å². The van der Waals surface area contributed by atoms with Crippen molar-refractivity contribution in [1.29, 1.82) is 0 Å². The zero-order valence-corrected chi connectivity index (χ0v) is 21.4. The van der Waals surface area contributed by atoms with Crippen LogP contribution in [0.3, 0.4) is 0 Å². The average molecular weight is 528 g/mol. The number of nitrogens with one attached hydrogen (secondary N) is 2. The van der Waals surface area contributed by atoms with E-state index < -0.39 is 6.43 Å². The first kappa shape index (κ1) is 26.0. The molecule has 9 nitrogen and oxygen atoms in total. The maximum Gasteiger partial charge on any atom is 0.263 e. The molecule has 3 aromatic rings. The molecule has 1 aliphatic heterocycles. The predicted octanol–water partition coefficient (Wildman–Crippen LogP) is 4.03. The van der Waals surface area contributed by atoms with E-state index in [9.17, 15) is 18.4 Å². The molecule has 2 aromatic heterocycles. The number of hydrogen-bond acceptors (Lipinski definition) is 6. The van der Waals surface area contributed by atoms with E-state index in [1.54, 1.807) is 17.9 Å². The number of aromatic nitrogens is 3. The number of alkyl halides is 2. The Hall–Kier alpha value is -3.60. The van der Waals surface area contributed by atoms with Crippen LogP contribution in [0, 0.1) is 12.8 Å². The summed E-state index contributed by atoms with van der Waals surface area (Å²) in [7, 11) is 1.49. The van der Waals surface area contributed by atoms with Crippen LogP contribution in [0.4, 0.5) is 8.78 Å². The molecule has 0 unspecified atom stereocenters. The number of nitrogens with zero attached hydrogens (tertiary/aromatic N) is 3. The fourth-order valence-electron chi connectivity index (χ4n) is 4.84. The molecule has 2 fully saturated rings. The molecule has 5 rings (SSSR count). The molecule has 2 N–H and O–H groups in total. The van der Waals surface area contributed by atoms with Gasteiger partial charge in [-0.15, -0.1) is 0 Å². The summed E-state index contributed by atoms with van der Waals surface area (Å²) in [6.07, 6.45) is 2.14. The highest BCUT2D eigenvalue weighted by Crippen LogP contribution is 2.38. The maximum atomic E-state index is 13.6. The Morgan fingerprint density at radius 1 is 1.18 bits per heavy atom. The maximum absolute atomic E-state index is 13.6. The summed E-state index contributed by atoms with van der Waals surface area (Å²) < 4.78 is 38.1. The van der Waals surface area contributed by atoms with Gasteiger partial charge in [-0.3, -0.25) is 9.59 Å². The lowest BCUT2D eigenvalue weighted by Gasteiger charge is -2.32. The van der Waals surface area contributed by atoms with E-state index >= 15 is 0 Å². The fraction of sp³-hybridized carbons (Fsp3) is 0.481. The lowest BCUT2D eigenvalue weighted by molar-refractivity contribution is -0.136. The molecule has 0 atom stereocenters. The molecule has 1 saturated carbocycles. The van der Waals surface area contributed by atoms with Crippen molar-refractivity contribution in [1.82, 2.24) is 25.2 Å². The monoisotopic (exact) mass is 527 g/mol. The van der Waals surface area contributed by atoms with Gasteiger partial charge in [-0.25, -0.2) is 18.7 Å². The number of halogens is 2. The first-order chi connectivity index (χ1) is 18.4. The SMILES string of the molecule is COCC(=O)N1CCC(NC(=O)c2c(C)[nH]c3c(-c4cc(C(F)F)ccc4OCC4CC4)ncnc23)CC1. The molecule has 3 heterocycles. The molecule has 0 bridgehead atoms. The number of carbonyl (C=O) groups is 2. The number of methoxy groups -OCH3 is 1. The van der Waals surface area contributed by atoms with Crippen molar-refractivity contribution in [2.75, 3.05) is 33.4 Å². The summed E-state index contributed by atoms with van der Waals surface area (Å²) in [6.45, 7) is 3.41. The summed E-state index contributed by atoms with van der Waals surface area (Å²) in [6, 6.07) is 4.22. The van der Waals surface area contributed by atoms with E-state index in [1.165, 1.54) is 25.6 Å². The standard InChI is InChI=1S/C27H31F2N5O4/c1-15-22(27(36)33-18-7-9-34(10-8-18)21(35)13-37-2)24-25(32-15)23(30-14-31-24)19-11-17(26(28)29)5-6-20(19)38-12-16-3-4-16/h5-6,11,14,16,18,26,32H,3-4,7-10,12-13H2,1-2H3,(H,33,36). The van der Waals surface area contributed by atoms with Gasteiger partial charge in [0.2, 0.25) is 5.91 Å². The molecule has 0 spiro atoms. The normalized spacial score (nSPS) is 16.3. The number of hydrogen-bond donors (Lipinski definition) is 2. The summed E-state index contributed by atoms with van der Waals surface area (Å²) in [5, 5.41) is 3.07. The van der Waals surface area contributed by atoms with E-state index in [2.05, 4.69) is 20.3 Å². The second-order valence-electron chi connectivity index (χ2n) is 9.94. The smallest absolute Gasteiger partial charge is 0.263 e. The number of likely N-dealkylation sites (tertiary alicyclic amines) is 1. The molecule has 1 saturated heterocycles. The number of fused-ring (bicyclic) bond motifs is 1. The van der Waals surface area contributed by atoms with E-state index in [-0.39, 0.29) is 30.0 Å². The molecule has 2 aliphatic rings. The van der Waals surface area contributed by atoms with Gasteiger partial charge in [-0.1, -0.05) is 0 Å². The molecule has 0 radical (unpaired) electrons. The van der Waals surface area contributed by atoms with Crippen molar-refractivity contribution in [3.8, 4) is 17.0 Å². The number of aromatic amines is 1. The Morgan fingerprint density at radius 3 is 2.63 bits per heavy atom. The van der Waals surface area contributed by atoms with Crippen molar-refractivity contribution < 1.29 is 27.8 Å². The van der Waals surface area contributed by atoms with Crippen molar-refractivity contribution in [3.05, 3.63) is 41.3 Å². The fourth-order valence-corrected chi connectivity index (χ4v) is 4.84. The molecule has 202 valence electrons. The third kappa shape index (κ3) is 5.47. The Morgan fingerprint density at radius 2 is 1.95 bits per heavy atom. The van der Waals surface area contributed by atoms with Gasteiger partial charge in [-0.05, 0) is 56.7 Å². The number of rotatable bonds is 9. The van der Waals surface area contributed by atoms with Crippen molar-refractivity contribution >= 4 is 22.8 Å². The van der Waals surface area contributed by atoms with Crippen LogP contribution in [0.25, 0.3) is 22.3 Å². The molecular formula is C27H31F2N5O4.